The van der Waals surface area contributed by atoms with Crippen LogP contribution in [0.2, 0.25) is 0 Å². The second-order valence-electron chi connectivity index (χ2n) is 4.36. The van der Waals surface area contributed by atoms with Crippen molar-refractivity contribution in [2.75, 3.05) is 19.7 Å². The summed E-state index contributed by atoms with van der Waals surface area (Å²) in [6, 6.07) is 3.80. The summed E-state index contributed by atoms with van der Waals surface area (Å²) in [5.41, 5.74) is 0.920. The molecule has 1 aliphatic heterocycles. The maximum Gasteiger partial charge on any atom is 0.233 e. The van der Waals surface area contributed by atoms with Crippen molar-refractivity contribution in [1.29, 1.82) is 0 Å². The van der Waals surface area contributed by atoms with Gasteiger partial charge in [0.25, 0.3) is 0 Å². The Morgan fingerprint density at radius 3 is 3.06 bits per heavy atom. The van der Waals surface area contributed by atoms with E-state index in [-0.39, 0.29) is 0 Å². The minimum Gasteiger partial charge on any atom is -0.477 e. The van der Waals surface area contributed by atoms with Crippen LogP contribution in [0.5, 0.6) is 5.88 Å². The van der Waals surface area contributed by atoms with Crippen molar-refractivity contribution in [3.63, 3.8) is 0 Å². The quantitative estimate of drug-likeness (QED) is 0.838. The first-order valence-corrected chi connectivity index (χ1v) is 5.98. The fourth-order valence-corrected chi connectivity index (χ4v) is 1.96. The Balaban J connectivity index is 1.69. The van der Waals surface area contributed by atoms with E-state index >= 15 is 0 Å². The standard InChI is InChI=1S/C12H19N3O/c1-10-4-5-12(15-14-10)16-8-6-11-3-2-7-13-9-11/h4-5,11,13H,2-3,6-9H2,1H3. The van der Waals surface area contributed by atoms with Crippen molar-refractivity contribution in [1.82, 2.24) is 15.5 Å². The monoisotopic (exact) mass is 221 g/mol. The third-order valence-electron chi connectivity index (χ3n) is 2.95. The number of hydrogen-bond acceptors (Lipinski definition) is 4. The van der Waals surface area contributed by atoms with Crippen LogP contribution in [0.25, 0.3) is 0 Å². The zero-order valence-electron chi connectivity index (χ0n) is 9.78. The predicted molar refractivity (Wildman–Crippen MR) is 62.5 cm³/mol. The number of aromatic nitrogens is 2. The number of ether oxygens (including phenoxy) is 1. The van der Waals surface area contributed by atoms with E-state index in [9.17, 15) is 0 Å². The van der Waals surface area contributed by atoms with Crippen molar-refractivity contribution in [2.45, 2.75) is 26.2 Å². The Kier molecular flexibility index (Phi) is 4.10. The molecule has 0 radical (unpaired) electrons. The SMILES string of the molecule is Cc1ccc(OCCC2CCCNC2)nn1. The molecular formula is C12H19N3O. The summed E-state index contributed by atoms with van der Waals surface area (Å²) >= 11 is 0. The van der Waals surface area contributed by atoms with E-state index in [1.165, 1.54) is 19.4 Å². The van der Waals surface area contributed by atoms with Crippen molar-refractivity contribution in [2.24, 2.45) is 5.92 Å². The molecule has 1 saturated heterocycles. The van der Waals surface area contributed by atoms with Crippen molar-refractivity contribution in [3.05, 3.63) is 17.8 Å². The van der Waals surface area contributed by atoms with E-state index in [1.807, 2.05) is 19.1 Å². The molecule has 4 heteroatoms. The average molecular weight is 221 g/mol. The molecule has 88 valence electrons. The van der Waals surface area contributed by atoms with Gasteiger partial charge in [0.2, 0.25) is 5.88 Å². The summed E-state index contributed by atoms with van der Waals surface area (Å²) in [6.45, 7) is 4.96. The Labute approximate surface area is 96.4 Å². The van der Waals surface area contributed by atoms with Crippen LogP contribution in [0, 0.1) is 12.8 Å². The maximum absolute atomic E-state index is 5.56. The van der Waals surface area contributed by atoms with Gasteiger partial charge in [-0.05, 0) is 51.3 Å². The first-order chi connectivity index (χ1) is 7.84. The van der Waals surface area contributed by atoms with Crippen molar-refractivity contribution >= 4 is 0 Å². The van der Waals surface area contributed by atoms with Gasteiger partial charge in [0.1, 0.15) is 0 Å². The van der Waals surface area contributed by atoms with E-state index in [4.69, 9.17) is 4.74 Å². The van der Waals surface area contributed by atoms with Gasteiger partial charge in [-0.25, -0.2) is 0 Å². The van der Waals surface area contributed by atoms with E-state index < -0.39 is 0 Å². The van der Waals surface area contributed by atoms with Crippen LogP contribution < -0.4 is 10.1 Å². The lowest BCUT2D eigenvalue weighted by Crippen LogP contribution is -2.30. The largest absolute Gasteiger partial charge is 0.477 e. The van der Waals surface area contributed by atoms with Gasteiger partial charge in [0, 0.05) is 6.07 Å². The van der Waals surface area contributed by atoms with Gasteiger partial charge in [-0.1, -0.05) is 0 Å². The van der Waals surface area contributed by atoms with Gasteiger partial charge >= 0.3 is 0 Å². The van der Waals surface area contributed by atoms with Crippen LogP contribution in [0.15, 0.2) is 12.1 Å². The number of aryl methyl sites for hydroxylation is 1. The zero-order chi connectivity index (χ0) is 11.2. The molecule has 0 saturated carbocycles. The summed E-state index contributed by atoms with van der Waals surface area (Å²) in [6.07, 6.45) is 3.70. The Bertz CT molecular complexity index is 307. The first-order valence-electron chi connectivity index (χ1n) is 5.98. The molecule has 2 rings (SSSR count). The lowest BCUT2D eigenvalue weighted by molar-refractivity contribution is 0.245. The average Bonchev–Trinajstić information content (AvgIpc) is 2.33. The highest BCUT2D eigenvalue weighted by Gasteiger charge is 2.12. The minimum absolute atomic E-state index is 0.634. The summed E-state index contributed by atoms with van der Waals surface area (Å²) in [5.74, 6) is 1.39. The molecule has 1 atom stereocenters. The lowest BCUT2D eigenvalue weighted by atomic mass is 9.97. The summed E-state index contributed by atoms with van der Waals surface area (Å²) in [5, 5.41) is 11.3. The fourth-order valence-electron chi connectivity index (χ4n) is 1.96. The van der Waals surface area contributed by atoms with E-state index in [2.05, 4.69) is 15.5 Å². The van der Waals surface area contributed by atoms with Gasteiger partial charge in [0.15, 0.2) is 0 Å². The highest BCUT2D eigenvalue weighted by atomic mass is 16.5. The van der Waals surface area contributed by atoms with Crippen LogP contribution in [-0.2, 0) is 0 Å². The predicted octanol–water partition coefficient (Wildman–Crippen LogP) is 1.55. The first kappa shape index (κ1) is 11.3. The van der Waals surface area contributed by atoms with Gasteiger partial charge in [0.05, 0.1) is 12.3 Å². The van der Waals surface area contributed by atoms with E-state index in [0.717, 1.165) is 31.2 Å². The molecule has 1 aliphatic rings. The molecule has 0 aliphatic carbocycles. The van der Waals surface area contributed by atoms with E-state index in [0.29, 0.717) is 5.88 Å². The molecule has 2 heterocycles. The lowest BCUT2D eigenvalue weighted by Gasteiger charge is -2.22. The zero-order valence-corrected chi connectivity index (χ0v) is 9.78. The number of rotatable bonds is 4. The minimum atomic E-state index is 0.634. The second-order valence-corrected chi connectivity index (χ2v) is 4.36. The van der Waals surface area contributed by atoms with Crippen LogP contribution in [0.4, 0.5) is 0 Å². The molecule has 1 aromatic heterocycles. The van der Waals surface area contributed by atoms with Crippen molar-refractivity contribution < 1.29 is 4.74 Å². The molecule has 1 unspecified atom stereocenters. The van der Waals surface area contributed by atoms with Crippen LogP contribution in [0.3, 0.4) is 0 Å². The van der Waals surface area contributed by atoms with Crippen LogP contribution in [-0.4, -0.2) is 29.9 Å². The van der Waals surface area contributed by atoms with Gasteiger partial charge in [-0.3, -0.25) is 0 Å². The van der Waals surface area contributed by atoms with Gasteiger partial charge in [-0.2, -0.15) is 5.10 Å². The summed E-state index contributed by atoms with van der Waals surface area (Å²) in [7, 11) is 0. The topological polar surface area (TPSA) is 47.0 Å². The number of nitrogens with one attached hydrogen (secondary N) is 1. The Morgan fingerprint density at radius 2 is 2.38 bits per heavy atom. The van der Waals surface area contributed by atoms with Gasteiger partial charge in [-0.15, -0.1) is 5.10 Å². The fraction of sp³-hybridized carbons (Fsp3) is 0.667. The maximum atomic E-state index is 5.56. The molecule has 1 aromatic rings. The molecule has 1 fully saturated rings. The molecule has 0 spiro atoms. The molecule has 0 bridgehead atoms. The normalized spacial score (nSPS) is 20.7. The van der Waals surface area contributed by atoms with Gasteiger partial charge < -0.3 is 10.1 Å². The number of nitrogens with zero attached hydrogens (tertiary/aromatic N) is 2. The Morgan fingerprint density at radius 1 is 1.44 bits per heavy atom. The molecule has 4 nitrogen and oxygen atoms in total. The second kappa shape index (κ2) is 5.80. The molecule has 0 aromatic carbocycles. The molecule has 0 amide bonds. The van der Waals surface area contributed by atoms with Crippen LogP contribution in [0.1, 0.15) is 25.0 Å². The molecule has 16 heavy (non-hydrogen) atoms. The van der Waals surface area contributed by atoms with E-state index in [1.54, 1.807) is 0 Å². The summed E-state index contributed by atoms with van der Waals surface area (Å²) in [4.78, 5) is 0. The van der Waals surface area contributed by atoms with Crippen molar-refractivity contribution in [3.8, 4) is 5.88 Å². The number of hydrogen-bond donors (Lipinski definition) is 1. The smallest absolute Gasteiger partial charge is 0.233 e. The highest BCUT2D eigenvalue weighted by molar-refractivity contribution is 5.10. The Hall–Kier alpha value is -1.16. The summed E-state index contributed by atoms with van der Waals surface area (Å²) < 4.78 is 5.56. The highest BCUT2D eigenvalue weighted by Crippen LogP contribution is 2.14. The third kappa shape index (κ3) is 3.45. The third-order valence-corrected chi connectivity index (χ3v) is 2.95. The number of piperidine rings is 1. The molecular weight excluding hydrogens is 202 g/mol. The molecule has 1 N–H and O–H groups in total. The van der Waals surface area contributed by atoms with Crippen LogP contribution >= 0.6 is 0 Å².